The number of benzene rings is 2. The molecule has 0 saturated carbocycles. The number of carbonyl (C=O) groups excluding carboxylic acids is 1. The molecule has 0 bridgehead atoms. The lowest BCUT2D eigenvalue weighted by molar-refractivity contribution is 0.104. The van der Waals surface area contributed by atoms with E-state index in [1.807, 2.05) is 74.5 Å². The molecule has 3 rings (SSSR count). The Balaban J connectivity index is 2.18. The summed E-state index contributed by atoms with van der Waals surface area (Å²) in [4.78, 5) is 17.7. The summed E-state index contributed by atoms with van der Waals surface area (Å²) in [5.41, 5.74) is 4.62. The molecule has 3 heteroatoms. The van der Waals surface area contributed by atoms with Crippen LogP contribution in [0.25, 0.3) is 0 Å². The van der Waals surface area contributed by atoms with E-state index in [9.17, 15) is 4.79 Å². The molecule has 1 aliphatic rings. The van der Waals surface area contributed by atoms with Crippen LogP contribution < -0.4 is 4.74 Å². The van der Waals surface area contributed by atoms with Gasteiger partial charge in [-0.25, -0.2) is 4.99 Å². The summed E-state index contributed by atoms with van der Waals surface area (Å²) in [7, 11) is 1.63. The maximum atomic E-state index is 13.0. The van der Waals surface area contributed by atoms with Crippen LogP contribution in [-0.4, -0.2) is 18.6 Å². The van der Waals surface area contributed by atoms with Crippen LogP contribution in [0.15, 0.2) is 71.3 Å². The van der Waals surface area contributed by atoms with Crippen molar-refractivity contribution >= 4 is 17.2 Å². The number of methoxy groups -OCH3 is 1. The number of aryl methyl sites for hydroxylation is 1. The van der Waals surface area contributed by atoms with Crippen LogP contribution in [0.4, 0.5) is 5.69 Å². The Bertz CT molecular complexity index is 871. The quantitative estimate of drug-likeness (QED) is 0.761. The third-order valence-corrected chi connectivity index (χ3v) is 3.95. The van der Waals surface area contributed by atoms with Crippen LogP contribution >= 0.6 is 0 Å². The standard InChI is InChI=1S/C21H19NO2/c1-4-5-6-17-20(15-8-10-16(24-3)11-9-15)22-19-12-7-14(2)13-18(19)21(17)23/h4-13H,1-3H3/b5-4+,17-6+. The van der Waals surface area contributed by atoms with E-state index in [1.165, 1.54) is 0 Å². The minimum Gasteiger partial charge on any atom is -0.497 e. The molecule has 0 amide bonds. The van der Waals surface area contributed by atoms with Crippen LogP contribution in [0, 0.1) is 6.92 Å². The fraction of sp³-hybridized carbons (Fsp3) is 0.143. The van der Waals surface area contributed by atoms with Gasteiger partial charge in [-0.1, -0.05) is 23.8 Å². The zero-order chi connectivity index (χ0) is 17.1. The summed E-state index contributed by atoms with van der Waals surface area (Å²) < 4.78 is 5.21. The summed E-state index contributed by atoms with van der Waals surface area (Å²) in [6.45, 7) is 3.90. The number of rotatable bonds is 3. The van der Waals surface area contributed by atoms with Crippen LogP contribution in [0.5, 0.6) is 5.75 Å². The lowest BCUT2D eigenvalue weighted by atomic mass is 9.90. The molecule has 2 aromatic carbocycles. The number of aliphatic imine (C=N–C) groups is 1. The second-order valence-electron chi connectivity index (χ2n) is 5.64. The Labute approximate surface area is 142 Å². The highest BCUT2D eigenvalue weighted by Gasteiger charge is 2.26. The van der Waals surface area contributed by atoms with Crippen molar-refractivity contribution in [2.45, 2.75) is 13.8 Å². The zero-order valence-corrected chi connectivity index (χ0v) is 14.0. The SMILES string of the molecule is C/C=C/C=C1/C(=O)c2cc(C)ccc2N=C1c1ccc(OC)cc1. The van der Waals surface area contributed by atoms with Crippen molar-refractivity contribution in [3.8, 4) is 5.75 Å². The van der Waals surface area contributed by atoms with E-state index in [2.05, 4.69) is 0 Å². The number of carbonyl (C=O) groups is 1. The first-order valence-electron chi connectivity index (χ1n) is 7.86. The molecule has 1 aliphatic heterocycles. The summed E-state index contributed by atoms with van der Waals surface area (Å²) in [6.07, 6.45) is 5.60. The Kier molecular flexibility index (Phi) is 4.43. The first-order chi connectivity index (χ1) is 11.6. The highest BCUT2D eigenvalue weighted by molar-refractivity contribution is 6.36. The maximum absolute atomic E-state index is 13.0. The number of ketones is 1. The van der Waals surface area contributed by atoms with Gasteiger partial charge in [-0.2, -0.15) is 0 Å². The molecule has 0 atom stereocenters. The predicted octanol–water partition coefficient (Wildman–Crippen LogP) is 4.82. The van der Waals surface area contributed by atoms with Gasteiger partial charge in [0.05, 0.1) is 18.5 Å². The van der Waals surface area contributed by atoms with Gasteiger partial charge in [-0.15, -0.1) is 0 Å². The van der Waals surface area contributed by atoms with Crippen LogP contribution in [0.1, 0.15) is 28.4 Å². The molecule has 0 fully saturated rings. The average Bonchev–Trinajstić information content (AvgIpc) is 2.61. The monoisotopic (exact) mass is 317 g/mol. The topological polar surface area (TPSA) is 38.7 Å². The molecule has 2 aromatic rings. The van der Waals surface area contributed by atoms with Crippen molar-refractivity contribution < 1.29 is 9.53 Å². The molecule has 0 unspecified atom stereocenters. The van der Waals surface area contributed by atoms with E-state index >= 15 is 0 Å². The molecule has 0 saturated heterocycles. The number of ether oxygens (including phenoxy) is 1. The van der Waals surface area contributed by atoms with E-state index in [0.717, 1.165) is 16.9 Å². The van der Waals surface area contributed by atoms with Crippen LogP contribution in [0.3, 0.4) is 0 Å². The second kappa shape index (κ2) is 6.67. The molecule has 24 heavy (non-hydrogen) atoms. The summed E-state index contributed by atoms with van der Waals surface area (Å²) in [5.74, 6) is 0.782. The number of hydrogen-bond acceptors (Lipinski definition) is 3. The Morgan fingerprint density at radius 3 is 2.50 bits per heavy atom. The highest BCUT2D eigenvalue weighted by Crippen LogP contribution is 2.31. The Hall–Kier alpha value is -2.94. The number of nitrogens with zero attached hydrogens (tertiary/aromatic N) is 1. The molecule has 120 valence electrons. The smallest absolute Gasteiger partial charge is 0.197 e. The molecule has 0 aromatic heterocycles. The third kappa shape index (κ3) is 2.93. The van der Waals surface area contributed by atoms with Gasteiger partial charge in [0.15, 0.2) is 5.78 Å². The summed E-state index contributed by atoms with van der Waals surface area (Å²) in [6, 6.07) is 13.4. The number of fused-ring (bicyclic) bond motifs is 1. The largest absolute Gasteiger partial charge is 0.497 e. The van der Waals surface area contributed by atoms with Gasteiger partial charge in [-0.05, 0) is 56.3 Å². The fourth-order valence-electron chi connectivity index (χ4n) is 2.68. The van der Waals surface area contributed by atoms with E-state index in [1.54, 1.807) is 7.11 Å². The minimum atomic E-state index is 0.00705. The van der Waals surface area contributed by atoms with Gasteiger partial charge in [0.25, 0.3) is 0 Å². The van der Waals surface area contributed by atoms with Crippen molar-refractivity contribution in [2.24, 2.45) is 4.99 Å². The van der Waals surface area contributed by atoms with Gasteiger partial charge in [0, 0.05) is 16.7 Å². The number of allylic oxidation sites excluding steroid dienone is 4. The first kappa shape index (κ1) is 15.9. The van der Waals surface area contributed by atoms with Crippen molar-refractivity contribution in [1.29, 1.82) is 0 Å². The summed E-state index contributed by atoms with van der Waals surface area (Å²) >= 11 is 0. The van der Waals surface area contributed by atoms with Gasteiger partial charge in [0.1, 0.15) is 5.75 Å². The molecule has 0 aliphatic carbocycles. The molecule has 1 heterocycles. The van der Waals surface area contributed by atoms with Gasteiger partial charge < -0.3 is 4.74 Å². The molecular formula is C21H19NO2. The van der Waals surface area contributed by atoms with Gasteiger partial charge >= 0.3 is 0 Å². The lowest BCUT2D eigenvalue weighted by Gasteiger charge is -2.18. The Morgan fingerprint density at radius 2 is 1.83 bits per heavy atom. The molecule has 3 nitrogen and oxygen atoms in total. The average molecular weight is 317 g/mol. The first-order valence-corrected chi connectivity index (χ1v) is 7.86. The van der Waals surface area contributed by atoms with E-state index in [-0.39, 0.29) is 5.78 Å². The van der Waals surface area contributed by atoms with E-state index in [0.29, 0.717) is 22.5 Å². The van der Waals surface area contributed by atoms with E-state index < -0.39 is 0 Å². The third-order valence-electron chi connectivity index (χ3n) is 3.95. The maximum Gasteiger partial charge on any atom is 0.197 e. The number of Topliss-reactive ketones (excluding diaryl/α,β-unsaturated/α-hetero) is 1. The molecule has 0 radical (unpaired) electrons. The second-order valence-corrected chi connectivity index (χ2v) is 5.64. The predicted molar refractivity (Wildman–Crippen MR) is 97.6 cm³/mol. The van der Waals surface area contributed by atoms with Gasteiger partial charge in [0.2, 0.25) is 0 Å². The Morgan fingerprint density at radius 1 is 1.08 bits per heavy atom. The van der Waals surface area contributed by atoms with Crippen LogP contribution in [-0.2, 0) is 0 Å². The minimum absolute atomic E-state index is 0.00705. The van der Waals surface area contributed by atoms with Crippen molar-refractivity contribution in [2.75, 3.05) is 7.11 Å². The molecule has 0 spiro atoms. The van der Waals surface area contributed by atoms with Crippen LogP contribution in [0.2, 0.25) is 0 Å². The van der Waals surface area contributed by atoms with Crippen molar-refractivity contribution in [1.82, 2.24) is 0 Å². The fourth-order valence-corrected chi connectivity index (χ4v) is 2.68. The zero-order valence-electron chi connectivity index (χ0n) is 14.0. The lowest BCUT2D eigenvalue weighted by Crippen LogP contribution is -2.19. The molecular weight excluding hydrogens is 298 g/mol. The summed E-state index contributed by atoms with van der Waals surface area (Å²) in [5, 5.41) is 0. The highest BCUT2D eigenvalue weighted by atomic mass is 16.5. The van der Waals surface area contributed by atoms with E-state index in [4.69, 9.17) is 9.73 Å². The molecule has 0 N–H and O–H groups in total. The van der Waals surface area contributed by atoms with Gasteiger partial charge in [-0.3, -0.25) is 4.79 Å². The normalized spacial score (nSPS) is 15.5. The number of hydrogen-bond donors (Lipinski definition) is 0. The van der Waals surface area contributed by atoms with Crippen molar-refractivity contribution in [3.05, 3.63) is 83.0 Å². The van der Waals surface area contributed by atoms with Crippen molar-refractivity contribution in [3.63, 3.8) is 0 Å².